The minimum atomic E-state index is -1.28. The van der Waals surface area contributed by atoms with E-state index in [-0.39, 0.29) is 30.8 Å². The molecule has 0 aromatic heterocycles. The zero-order valence-electron chi connectivity index (χ0n) is 15.7. The Morgan fingerprint density at radius 2 is 2.11 bits per heavy atom. The number of nitrogens with two attached hydrogens (primary N) is 1. The van der Waals surface area contributed by atoms with Crippen molar-refractivity contribution in [2.24, 2.45) is 5.73 Å². The normalized spacial score (nSPS) is 29.9. The average molecular weight is 388 g/mol. The predicted molar refractivity (Wildman–Crippen MR) is 99.9 cm³/mol. The van der Waals surface area contributed by atoms with E-state index < -0.39 is 17.6 Å². The first-order valence-corrected chi connectivity index (χ1v) is 9.78. The molecule has 2 heterocycles. The molecule has 8 heteroatoms. The van der Waals surface area contributed by atoms with Crippen LogP contribution in [0.25, 0.3) is 0 Å². The van der Waals surface area contributed by atoms with E-state index in [2.05, 4.69) is 10.6 Å². The first kappa shape index (κ1) is 19.0. The topological polar surface area (TPSA) is 105 Å². The fourth-order valence-electron chi connectivity index (χ4n) is 4.51. The average Bonchev–Trinajstić information content (AvgIpc) is 3.22. The van der Waals surface area contributed by atoms with Gasteiger partial charge < -0.3 is 16.0 Å². The second kappa shape index (κ2) is 7.25. The summed E-state index contributed by atoms with van der Waals surface area (Å²) < 4.78 is 14.3. The number of rotatable bonds is 5. The van der Waals surface area contributed by atoms with Gasteiger partial charge in [-0.15, -0.1) is 0 Å². The standard InChI is InChI=1S/C20H25FN4O3/c21-20(11-22)7-6-13(8-20)23-9-12-2-1-3-14-15(12)10-25(19(14)28)16-4-5-17(26)24-18(16)27/h1-3,13,16,23H,4-11,22H2,(H,24,26,27)/t13-,16?,20-/m1/s1. The number of amides is 3. The smallest absolute Gasteiger partial charge is 0.255 e. The monoisotopic (exact) mass is 388 g/mol. The van der Waals surface area contributed by atoms with E-state index in [1.807, 2.05) is 12.1 Å². The summed E-state index contributed by atoms with van der Waals surface area (Å²) in [7, 11) is 0. The van der Waals surface area contributed by atoms with E-state index >= 15 is 0 Å². The van der Waals surface area contributed by atoms with Crippen LogP contribution in [0.3, 0.4) is 0 Å². The van der Waals surface area contributed by atoms with Crippen LogP contribution in [-0.2, 0) is 22.7 Å². The lowest BCUT2D eigenvalue weighted by Crippen LogP contribution is -2.52. The van der Waals surface area contributed by atoms with E-state index in [0.717, 1.165) is 17.5 Å². The number of piperidine rings is 1. The van der Waals surface area contributed by atoms with Crippen LogP contribution in [0, 0.1) is 0 Å². The molecule has 1 aromatic rings. The molecular formula is C20H25FN4O3. The number of imide groups is 1. The number of halogens is 1. The van der Waals surface area contributed by atoms with Crippen LogP contribution in [-0.4, -0.2) is 46.9 Å². The van der Waals surface area contributed by atoms with Gasteiger partial charge in [-0.3, -0.25) is 19.7 Å². The fraction of sp³-hybridized carbons (Fsp3) is 0.550. The molecule has 3 atom stereocenters. The molecule has 0 spiro atoms. The van der Waals surface area contributed by atoms with E-state index in [1.54, 1.807) is 11.0 Å². The Hall–Kier alpha value is -2.32. The van der Waals surface area contributed by atoms with Crippen molar-refractivity contribution < 1.29 is 18.8 Å². The summed E-state index contributed by atoms with van der Waals surface area (Å²) in [6, 6.07) is 4.99. The Bertz CT molecular complexity index is 830. The summed E-state index contributed by atoms with van der Waals surface area (Å²) in [5.41, 5.74) is 6.72. The van der Waals surface area contributed by atoms with Gasteiger partial charge in [0.2, 0.25) is 11.8 Å². The number of hydrogen-bond donors (Lipinski definition) is 3. The van der Waals surface area contributed by atoms with Crippen molar-refractivity contribution >= 4 is 17.7 Å². The van der Waals surface area contributed by atoms with Gasteiger partial charge in [-0.1, -0.05) is 12.1 Å². The first-order valence-electron chi connectivity index (χ1n) is 9.78. The third-order valence-electron chi connectivity index (χ3n) is 6.18. The van der Waals surface area contributed by atoms with Crippen molar-refractivity contribution in [3.8, 4) is 0 Å². The minimum absolute atomic E-state index is 0.0430. The van der Waals surface area contributed by atoms with E-state index in [4.69, 9.17) is 5.73 Å². The minimum Gasteiger partial charge on any atom is -0.328 e. The zero-order valence-corrected chi connectivity index (χ0v) is 15.7. The Morgan fingerprint density at radius 3 is 2.82 bits per heavy atom. The van der Waals surface area contributed by atoms with Crippen LogP contribution in [0.4, 0.5) is 4.39 Å². The van der Waals surface area contributed by atoms with E-state index in [1.165, 1.54) is 0 Å². The van der Waals surface area contributed by atoms with Crippen LogP contribution in [0.15, 0.2) is 18.2 Å². The second-order valence-corrected chi connectivity index (χ2v) is 8.02. The molecular weight excluding hydrogens is 363 g/mol. The molecule has 4 N–H and O–H groups in total. The highest BCUT2D eigenvalue weighted by atomic mass is 19.1. The summed E-state index contributed by atoms with van der Waals surface area (Å²) in [5, 5.41) is 5.71. The predicted octanol–water partition coefficient (Wildman–Crippen LogP) is 0.757. The number of nitrogens with zero attached hydrogens (tertiary/aromatic N) is 1. The third kappa shape index (κ3) is 3.42. The van der Waals surface area contributed by atoms with Gasteiger partial charge in [-0.2, -0.15) is 0 Å². The number of nitrogens with one attached hydrogen (secondary N) is 2. The number of carbonyl (C=O) groups excluding carboxylic acids is 3. The van der Waals surface area contributed by atoms with Gasteiger partial charge in [0.1, 0.15) is 11.7 Å². The number of fused-ring (bicyclic) bond motifs is 1. The molecule has 7 nitrogen and oxygen atoms in total. The van der Waals surface area contributed by atoms with Crippen molar-refractivity contribution in [3.05, 3.63) is 34.9 Å². The fourth-order valence-corrected chi connectivity index (χ4v) is 4.51. The molecule has 150 valence electrons. The van der Waals surface area contributed by atoms with Crippen molar-refractivity contribution in [2.45, 2.75) is 62.9 Å². The Morgan fingerprint density at radius 1 is 1.29 bits per heavy atom. The van der Waals surface area contributed by atoms with Gasteiger partial charge in [0, 0.05) is 37.7 Å². The van der Waals surface area contributed by atoms with Crippen molar-refractivity contribution in [1.29, 1.82) is 0 Å². The molecule has 3 amide bonds. The highest BCUT2D eigenvalue weighted by Gasteiger charge is 2.40. The van der Waals surface area contributed by atoms with Crippen molar-refractivity contribution in [2.75, 3.05) is 6.54 Å². The summed E-state index contributed by atoms with van der Waals surface area (Å²) in [6.45, 7) is 0.922. The van der Waals surface area contributed by atoms with Gasteiger partial charge in [0.15, 0.2) is 0 Å². The number of benzene rings is 1. The molecule has 1 saturated carbocycles. The molecule has 2 fully saturated rings. The van der Waals surface area contributed by atoms with Gasteiger partial charge in [-0.05, 0) is 42.9 Å². The van der Waals surface area contributed by atoms with Crippen LogP contribution in [0.1, 0.15) is 53.6 Å². The van der Waals surface area contributed by atoms with Crippen LogP contribution < -0.4 is 16.4 Å². The van der Waals surface area contributed by atoms with Gasteiger partial charge in [-0.25, -0.2) is 4.39 Å². The molecule has 4 rings (SSSR count). The summed E-state index contributed by atoms with van der Waals surface area (Å²) in [5.74, 6) is -0.893. The van der Waals surface area contributed by atoms with Gasteiger partial charge >= 0.3 is 0 Å². The van der Waals surface area contributed by atoms with Crippen LogP contribution in [0.2, 0.25) is 0 Å². The van der Waals surface area contributed by atoms with Gasteiger partial charge in [0.25, 0.3) is 5.91 Å². The molecule has 28 heavy (non-hydrogen) atoms. The molecule has 2 aliphatic heterocycles. The lowest BCUT2D eigenvalue weighted by atomic mass is 10.0. The molecule has 0 bridgehead atoms. The second-order valence-electron chi connectivity index (χ2n) is 8.02. The zero-order chi connectivity index (χ0) is 19.9. The molecule has 1 saturated heterocycles. The molecule has 0 radical (unpaired) electrons. The van der Waals surface area contributed by atoms with Crippen LogP contribution in [0.5, 0.6) is 0 Å². The Kier molecular flexibility index (Phi) is 4.93. The first-order chi connectivity index (χ1) is 13.4. The highest BCUT2D eigenvalue weighted by Crippen LogP contribution is 2.34. The maximum absolute atomic E-state index is 14.3. The maximum Gasteiger partial charge on any atom is 0.255 e. The van der Waals surface area contributed by atoms with E-state index in [9.17, 15) is 18.8 Å². The summed E-state index contributed by atoms with van der Waals surface area (Å²) >= 11 is 0. The molecule has 3 aliphatic rings. The quantitative estimate of drug-likeness (QED) is 0.646. The van der Waals surface area contributed by atoms with Gasteiger partial charge in [0.05, 0.1) is 0 Å². The van der Waals surface area contributed by atoms with Crippen LogP contribution >= 0.6 is 0 Å². The number of alkyl halides is 1. The summed E-state index contributed by atoms with van der Waals surface area (Å²) in [4.78, 5) is 38.0. The van der Waals surface area contributed by atoms with E-state index in [0.29, 0.717) is 37.9 Å². The number of carbonyl (C=O) groups is 3. The molecule has 1 unspecified atom stereocenters. The highest BCUT2D eigenvalue weighted by molar-refractivity contribution is 6.05. The Balaban J connectivity index is 1.46. The lowest BCUT2D eigenvalue weighted by Gasteiger charge is -2.29. The third-order valence-corrected chi connectivity index (χ3v) is 6.18. The molecule has 1 aromatic carbocycles. The van der Waals surface area contributed by atoms with Crippen molar-refractivity contribution in [1.82, 2.24) is 15.5 Å². The van der Waals surface area contributed by atoms with Crippen molar-refractivity contribution in [3.63, 3.8) is 0 Å². The Labute approximate surface area is 162 Å². The summed E-state index contributed by atoms with van der Waals surface area (Å²) in [6.07, 6.45) is 2.19. The molecule has 1 aliphatic carbocycles. The maximum atomic E-state index is 14.3. The lowest BCUT2D eigenvalue weighted by molar-refractivity contribution is -0.136. The largest absolute Gasteiger partial charge is 0.328 e. The SMILES string of the molecule is NC[C@@]1(F)CC[C@@H](NCc2cccc3c2CN(C2CCC(=O)NC2=O)C3=O)C1. The number of hydrogen-bond acceptors (Lipinski definition) is 5.